The van der Waals surface area contributed by atoms with E-state index in [1.54, 1.807) is 176 Å². The molecular weight excluding hydrogens is 1920 g/mol. The summed E-state index contributed by atoms with van der Waals surface area (Å²) in [7, 11) is -13.3. The van der Waals surface area contributed by atoms with E-state index >= 15 is 0 Å². The van der Waals surface area contributed by atoms with Crippen molar-refractivity contribution in [3.05, 3.63) is 351 Å². The number of carbonyl (C=O) groups is 4. The quantitative estimate of drug-likeness (QED) is 0.0698. The maximum absolute atomic E-state index is 13.0. The molecule has 34 heteroatoms. The van der Waals surface area contributed by atoms with Gasteiger partial charge in [-0.3, -0.25) is 56.3 Å². The predicted octanol–water partition coefficient (Wildman–Crippen LogP) is 23.0. The van der Waals surface area contributed by atoms with Crippen molar-refractivity contribution >= 4 is 211 Å². The molecule has 9 heterocycles. The van der Waals surface area contributed by atoms with Gasteiger partial charge >= 0.3 is 0 Å². The number of carbonyl (C=O) groups excluding carboxylic acids is 4. The normalized spacial score (nSPS) is 15.2. The molecule has 5 aromatic heterocycles. The van der Waals surface area contributed by atoms with Gasteiger partial charge in [-0.15, -0.1) is 0 Å². The summed E-state index contributed by atoms with van der Waals surface area (Å²) in [6.07, 6.45) is 12.8. The Morgan fingerprint density at radius 2 is 0.613 bits per heavy atom. The van der Waals surface area contributed by atoms with Crippen LogP contribution in [-0.2, 0) is 40.1 Å². The highest BCUT2D eigenvalue weighted by atomic mass is 35.5. The Balaban J connectivity index is 0.000000127. The summed E-state index contributed by atoms with van der Waals surface area (Å²) in [5.74, 6) is -0.761. The lowest BCUT2D eigenvalue weighted by Gasteiger charge is -2.28. The molecule has 0 spiro atoms. The van der Waals surface area contributed by atoms with Crippen molar-refractivity contribution in [2.45, 2.75) is 51.4 Å². The first kappa shape index (κ1) is 95.3. The minimum Gasteiger partial charge on any atom is -0.322 e. The van der Waals surface area contributed by atoms with E-state index in [0.717, 1.165) is 85.9 Å². The van der Waals surface area contributed by atoms with Gasteiger partial charge in [0.1, 0.15) is 0 Å². The van der Waals surface area contributed by atoms with E-state index in [1.165, 1.54) is 23.3 Å². The molecule has 0 bridgehead atoms. The molecule has 0 saturated carbocycles. The second-order valence-corrected chi connectivity index (χ2v) is 42.7. The molecule has 4 N–H and O–H groups in total. The third-order valence-electron chi connectivity index (χ3n) is 23.5. The van der Waals surface area contributed by atoms with Crippen molar-refractivity contribution in [3.8, 4) is 45.0 Å². The van der Waals surface area contributed by atoms with Gasteiger partial charge in [-0.05, 0) is 268 Å². The summed E-state index contributed by atoms with van der Waals surface area (Å²) < 4.78 is 104. The van der Waals surface area contributed by atoms with Crippen LogP contribution in [0.2, 0.25) is 25.1 Å². The van der Waals surface area contributed by atoms with E-state index in [0.29, 0.717) is 162 Å². The number of nitrogens with zero attached hydrogens (tertiary/aromatic N) is 9. The molecular formula is C103H86Cl5N13O12S4. The van der Waals surface area contributed by atoms with E-state index in [2.05, 4.69) is 41.2 Å². The molecule has 25 nitrogen and oxygen atoms in total. The molecule has 4 aliphatic heterocycles. The van der Waals surface area contributed by atoms with Crippen LogP contribution >= 0.6 is 58.0 Å². The van der Waals surface area contributed by atoms with Crippen LogP contribution in [0.3, 0.4) is 0 Å². The van der Waals surface area contributed by atoms with Gasteiger partial charge in [-0.25, -0.2) is 38.7 Å². The van der Waals surface area contributed by atoms with Crippen LogP contribution in [0, 0.1) is 0 Å². The standard InChI is InChI=1S/C26H21Cl2N3O3S.2C26H22ClN3O3S.C25H21ClN4O3S/c27-23-10-7-18(15-22(23)25-20-6-2-1-5-17(20)11-12-29-25)30-26(32)21-9-8-19(16-24(21)28)31-13-3-4-14-35(31,33)34;27-23-13-10-20(17-22(23)25-14-9-18-5-1-2-6-24(18)29-25)28-26(31)19-7-11-21(12-8-19)30-15-3-4-16-34(30,32)33;27-24-12-9-20(17-23(24)25-22-6-2-1-5-18(22)13-14-28-25)29-26(31)19-7-10-21(11-8-19)30-15-3-4-16-34(30,32)33;26-22-10-7-18(16-21(22)24-20-4-3-12-27-23(20)11-13-28-24)29-25(31)17-5-8-19(9-6-17)30-14-1-2-15-34(30,32)33/h1-2,5-12,15-16H,3-4,13-14H2,(H,30,32);1-2,5-14,17H,3-4,15-16H2,(H,28,31);1-2,5-14,17H,3-4,15-16H2,(H,29,31);3-13,16H,1-2,14-15H2,(H,29,31). The number of para-hydroxylation sites is 1. The van der Waals surface area contributed by atoms with Crippen LogP contribution in [0.25, 0.3) is 88.4 Å². The molecule has 694 valence electrons. The van der Waals surface area contributed by atoms with Crippen LogP contribution in [-0.4, -0.2) is 131 Å². The molecule has 0 unspecified atom stereocenters. The fourth-order valence-corrected chi connectivity index (χ4v) is 24.2. The topological polar surface area (TPSA) is 330 Å². The number of fused-ring (bicyclic) bond motifs is 4. The number of sulfonamides is 4. The summed E-state index contributed by atoms with van der Waals surface area (Å²) in [4.78, 5) is 74.2. The third kappa shape index (κ3) is 22.0. The number of rotatable bonds is 16. The zero-order valence-electron chi connectivity index (χ0n) is 73.1. The fourth-order valence-electron chi connectivity index (χ4n) is 16.6. The van der Waals surface area contributed by atoms with Crippen LogP contribution in [0.5, 0.6) is 0 Å². The third-order valence-corrected chi connectivity index (χ3v) is 32.7. The lowest BCUT2D eigenvalue weighted by molar-refractivity contribution is 0.101. The van der Waals surface area contributed by atoms with E-state index in [4.69, 9.17) is 63.0 Å². The first-order chi connectivity index (χ1) is 66.1. The monoisotopic (exact) mass is 2000 g/mol. The Hall–Kier alpha value is -13.5. The molecule has 4 fully saturated rings. The van der Waals surface area contributed by atoms with Gasteiger partial charge in [-0.1, -0.05) is 131 Å². The zero-order chi connectivity index (χ0) is 95.7. The molecule has 137 heavy (non-hydrogen) atoms. The minimum atomic E-state index is -3.37. The number of anilines is 8. The summed E-state index contributed by atoms with van der Waals surface area (Å²) in [6, 6.07) is 82.4. The first-order valence-electron chi connectivity index (χ1n) is 43.9. The lowest BCUT2D eigenvalue weighted by atomic mass is 10.0. The second-order valence-electron chi connectivity index (χ2n) is 32.7. The number of nitrogens with one attached hydrogen (secondary N) is 4. The Bertz CT molecular complexity index is 7610. The average Bonchev–Trinajstić information content (AvgIpc) is 1.01. The number of hydrogen-bond acceptors (Lipinski definition) is 17. The van der Waals surface area contributed by atoms with Crippen molar-refractivity contribution in [3.63, 3.8) is 0 Å². The fraction of sp³-hybridized carbons (Fsp3) is 0.155. The largest absolute Gasteiger partial charge is 0.322 e. The van der Waals surface area contributed by atoms with Crippen molar-refractivity contribution in [2.75, 3.05) is 87.7 Å². The summed E-state index contributed by atoms with van der Waals surface area (Å²) in [5.41, 5.74) is 13.3. The number of hydrogen-bond donors (Lipinski definition) is 4. The second kappa shape index (κ2) is 41.6. The number of benzene rings is 11. The number of pyridine rings is 5. The van der Waals surface area contributed by atoms with Gasteiger partial charge in [0.25, 0.3) is 23.6 Å². The highest BCUT2D eigenvalue weighted by Crippen LogP contribution is 2.41. The highest BCUT2D eigenvalue weighted by molar-refractivity contribution is 7.93. The number of aromatic nitrogens is 5. The summed E-state index contributed by atoms with van der Waals surface area (Å²) in [6.45, 7) is 1.78. The van der Waals surface area contributed by atoms with Crippen molar-refractivity contribution in [2.24, 2.45) is 0 Å². The Labute approximate surface area is 817 Å². The highest BCUT2D eigenvalue weighted by Gasteiger charge is 2.32. The smallest absolute Gasteiger partial charge is 0.257 e. The van der Waals surface area contributed by atoms with E-state index in [9.17, 15) is 52.8 Å². The summed E-state index contributed by atoms with van der Waals surface area (Å²) >= 11 is 32.3. The average molecular weight is 2000 g/mol. The molecule has 0 atom stereocenters. The van der Waals surface area contributed by atoms with E-state index < -0.39 is 46.0 Å². The van der Waals surface area contributed by atoms with Gasteiger partial charge in [0.15, 0.2) is 0 Å². The molecule has 4 saturated heterocycles. The van der Waals surface area contributed by atoms with Crippen molar-refractivity contribution < 1.29 is 52.8 Å². The molecule has 4 amide bonds. The van der Waals surface area contributed by atoms with Gasteiger partial charge in [-0.2, -0.15) is 0 Å². The van der Waals surface area contributed by atoms with E-state index in [1.807, 2.05) is 121 Å². The van der Waals surface area contributed by atoms with Crippen LogP contribution in [0.4, 0.5) is 45.5 Å². The zero-order valence-corrected chi connectivity index (χ0v) is 80.2. The van der Waals surface area contributed by atoms with Crippen LogP contribution in [0.1, 0.15) is 92.8 Å². The van der Waals surface area contributed by atoms with Gasteiger partial charge < -0.3 is 21.3 Å². The molecule has 4 aliphatic rings. The Morgan fingerprint density at radius 1 is 0.270 bits per heavy atom. The lowest BCUT2D eigenvalue weighted by Crippen LogP contribution is -2.37. The maximum atomic E-state index is 13.0. The summed E-state index contributed by atoms with van der Waals surface area (Å²) in [5, 5.41) is 19.7. The van der Waals surface area contributed by atoms with Crippen molar-refractivity contribution in [1.29, 1.82) is 0 Å². The predicted molar refractivity (Wildman–Crippen MR) is 551 cm³/mol. The number of amides is 4. The Kier molecular flexibility index (Phi) is 28.9. The molecule has 20 rings (SSSR count). The SMILES string of the molecule is O=C(Nc1ccc(Cl)c(-c2ccc3ccccc3n2)c1)c1ccc(N2CCCCS2(=O)=O)cc1.O=C(Nc1ccc(Cl)c(-c2nccc3ccccc23)c1)c1ccc(N2CCCCS2(=O)=O)cc1.O=C(Nc1ccc(Cl)c(-c2nccc3ccccc23)c1)c1ccc(N2CCCCS2(=O)=O)cc1Cl.O=C(Nc1ccc(Cl)c(-c2nccc3ncccc23)c1)c1ccc(N2CCCCS2(=O)=O)cc1. The molecule has 16 aromatic rings. The number of halogens is 5. The van der Waals surface area contributed by atoms with Crippen LogP contribution in [0.15, 0.2) is 304 Å². The molecule has 0 radical (unpaired) electrons. The van der Waals surface area contributed by atoms with Gasteiger partial charge in [0, 0.05) is 134 Å². The Morgan fingerprint density at radius 3 is 1.02 bits per heavy atom. The van der Waals surface area contributed by atoms with Crippen LogP contribution < -0.4 is 38.5 Å². The first-order valence-corrected chi connectivity index (χ1v) is 52.2. The molecule has 0 aliphatic carbocycles. The van der Waals surface area contributed by atoms with Gasteiger partial charge in [0.05, 0.1) is 110 Å². The van der Waals surface area contributed by atoms with Gasteiger partial charge in [0.2, 0.25) is 40.1 Å². The maximum Gasteiger partial charge on any atom is 0.257 e. The molecule has 11 aromatic carbocycles. The minimum absolute atomic E-state index is 0.108. The van der Waals surface area contributed by atoms with Crippen molar-refractivity contribution in [1.82, 2.24) is 24.9 Å². The van der Waals surface area contributed by atoms with E-state index in [-0.39, 0.29) is 51.3 Å².